The second kappa shape index (κ2) is 11.3. The minimum absolute atomic E-state index is 0. The van der Waals surface area contributed by atoms with Crippen molar-refractivity contribution in [1.29, 1.82) is 5.26 Å². The summed E-state index contributed by atoms with van der Waals surface area (Å²) in [5.74, 6) is -0.703. The monoisotopic (exact) mass is 527 g/mol. The molecule has 10 nitrogen and oxygen atoms in total. The molecule has 198 valence electrons. The molecular formula is C26H33N5O5S. The topological polar surface area (TPSA) is 142 Å². The number of hydrogen-bond donors (Lipinski definition) is 1. The van der Waals surface area contributed by atoms with Gasteiger partial charge in [0, 0.05) is 33.0 Å². The van der Waals surface area contributed by atoms with Gasteiger partial charge >= 0.3 is 0 Å². The van der Waals surface area contributed by atoms with E-state index < -0.39 is 15.7 Å². The van der Waals surface area contributed by atoms with E-state index in [1.165, 1.54) is 4.68 Å². The first-order chi connectivity index (χ1) is 17.7. The van der Waals surface area contributed by atoms with Crippen molar-refractivity contribution in [2.24, 2.45) is 0 Å². The maximum atomic E-state index is 13.4. The molecular weight excluding hydrogens is 494 g/mol. The fourth-order valence-corrected chi connectivity index (χ4v) is 6.22. The largest absolute Gasteiger partial charge is 0.347 e. The zero-order valence-electron chi connectivity index (χ0n) is 20.9. The first-order valence-corrected chi connectivity index (χ1v) is 14.3. The summed E-state index contributed by atoms with van der Waals surface area (Å²) in [5, 5.41) is 15.9. The van der Waals surface area contributed by atoms with Gasteiger partial charge in [-0.05, 0) is 49.8 Å². The molecule has 1 aromatic carbocycles. The van der Waals surface area contributed by atoms with Crippen LogP contribution in [0.1, 0.15) is 78.1 Å². The lowest BCUT2D eigenvalue weighted by atomic mass is 10.0. The molecule has 0 saturated heterocycles. The highest BCUT2D eigenvalue weighted by atomic mass is 32.2. The van der Waals surface area contributed by atoms with Crippen molar-refractivity contribution in [1.82, 2.24) is 20.0 Å². The zero-order valence-corrected chi connectivity index (χ0v) is 21.7. The average molecular weight is 528 g/mol. The van der Waals surface area contributed by atoms with Crippen molar-refractivity contribution in [2.45, 2.75) is 63.8 Å². The Balaban J connectivity index is 0.00000400. The number of Topliss-reactive ketones (excluding diaryl/α,β-unsaturated/α-hetero) is 1. The molecule has 2 aromatic rings. The highest BCUT2D eigenvalue weighted by molar-refractivity contribution is 7.92. The van der Waals surface area contributed by atoms with Crippen LogP contribution in [0, 0.1) is 11.3 Å². The van der Waals surface area contributed by atoms with Gasteiger partial charge in [0.2, 0.25) is 0 Å². The summed E-state index contributed by atoms with van der Waals surface area (Å²) < 4.78 is 25.6. The standard InChI is InChI=1S/C26H31N5O5S.H2/c1-2-20(32)17-31-24-22(23(29-31)25(33)28-16-19-7-5-18(15-27)6-8-19)11-13-30(26(24)34)12-3-4-14-37(35,36)21-9-10-21;/h5-8,21H,2-4,9-14,16-17H2,1H3,(H,28,33);1H. The van der Waals surface area contributed by atoms with Gasteiger partial charge in [0.15, 0.2) is 21.3 Å². The second-order valence-electron chi connectivity index (χ2n) is 9.53. The number of nitrogens with one attached hydrogen (secondary N) is 1. The summed E-state index contributed by atoms with van der Waals surface area (Å²) in [5.41, 5.74) is 2.25. The molecule has 2 aliphatic rings. The van der Waals surface area contributed by atoms with Gasteiger partial charge < -0.3 is 10.2 Å². The molecule has 0 bridgehead atoms. The molecule has 2 amide bonds. The molecule has 0 atom stereocenters. The maximum absolute atomic E-state index is 13.4. The van der Waals surface area contributed by atoms with Gasteiger partial charge in [-0.3, -0.25) is 19.1 Å². The van der Waals surface area contributed by atoms with Crippen LogP contribution in [0.25, 0.3) is 0 Å². The minimum atomic E-state index is -3.02. The Kier molecular flexibility index (Phi) is 8.07. The lowest BCUT2D eigenvalue weighted by molar-refractivity contribution is -0.119. The molecule has 0 spiro atoms. The Hall–Kier alpha value is -3.52. The second-order valence-corrected chi connectivity index (χ2v) is 11.9. The molecule has 1 aromatic heterocycles. The molecule has 11 heteroatoms. The number of carbonyl (C=O) groups is 3. The molecule has 2 heterocycles. The number of amides is 2. The smallest absolute Gasteiger partial charge is 0.272 e. The average Bonchev–Trinajstić information content (AvgIpc) is 3.70. The van der Waals surface area contributed by atoms with Crippen LogP contribution in [0.2, 0.25) is 0 Å². The summed E-state index contributed by atoms with van der Waals surface area (Å²) in [6.45, 7) is 2.66. The molecule has 4 rings (SSSR count). The van der Waals surface area contributed by atoms with E-state index in [2.05, 4.69) is 10.4 Å². The number of ketones is 1. The first-order valence-electron chi connectivity index (χ1n) is 12.6. The normalized spacial score (nSPS) is 15.2. The highest BCUT2D eigenvalue weighted by Gasteiger charge is 2.36. The molecule has 1 saturated carbocycles. The van der Waals surface area contributed by atoms with E-state index in [9.17, 15) is 22.8 Å². The number of nitriles is 1. The SMILES string of the molecule is CCC(=O)Cn1nc(C(=O)NCc2ccc(C#N)cc2)c2c1C(=O)N(CCCCS(=O)(=O)C1CC1)CC2.[HH]. The zero-order chi connectivity index (χ0) is 26.6. The maximum Gasteiger partial charge on any atom is 0.272 e. The third-order valence-corrected chi connectivity index (χ3v) is 9.13. The molecule has 1 N–H and O–H groups in total. The van der Waals surface area contributed by atoms with Crippen LogP contribution in [-0.4, -0.2) is 64.8 Å². The predicted molar refractivity (Wildman–Crippen MR) is 138 cm³/mol. The van der Waals surface area contributed by atoms with Gasteiger partial charge in [0.05, 0.1) is 22.6 Å². The number of sulfone groups is 1. The predicted octanol–water partition coefficient (Wildman–Crippen LogP) is 2.27. The third-order valence-electron chi connectivity index (χ3n) is 6.78. The Labute approximate surface area is 218 Å². The van der Waals surface area contributed by atoms with E-state index in [-0.39, 0.29) is 55.0 Å². The van der Waals surface area contributed by atoms with Gasteiger partial charge in [-0.2, -0.15) is 10.4 Å². The Morgan fingerprint density at radius 1 is 1.22 bits per heavy atom. The quantitative estimate of drug-likeness (QED) is 0.417. The summed E-state index contributed by atoms with van der Waals surface area (Å²) in [4.78, 5) is 40.2. The van der Waals surface area contributed by atoms with Crippen LogP contribution >= 0.6 is 0 Å². The van der Waals surface area contributed by atoms with Crippen molar-refractivity contribution in [3.05, 3.63) is 52.3 Å². The Bertz CT molecular complexity index is 1340. The van der Waals surface area contributed by atoms with Gasteiger partial charge in [0.1, 0.15) is 12.2 Å². The van der Waals surface area contributed by atoms with Gasteiger partial charge in [-0.25, -0.2) is 8.42 Å². The number of unbranched alkanes of at least 4 members (excludes halogenated alkanes) is 1. The van der Waals surface area contributed by atoms with Gasteiger partial charge in [0.25, 0.3) is 11.8 Å². The summed E-state index contributed by atoms with van der Waals surface area (Å²) in [7, 11) is -3.02. The number of aromatic nitrogens is 2. The first kappa shape index (κ1) is 26.5. The third kappa shape index (κ3) is 6.25. The van der Waals surface area contributed by atoms with Crippen LogP contribution in [0.4, 0.5) is 0 Å². The van der Waals surface area contributed by atoms with Crippen molar-refractivity contribution in [3.63, 3.8) is 0 Å². The van der Waals surface area contributed by atoms with E-state index in [4.69, 9.17) is 5.26 Å². The van der Waals surface area contributed by atoms with Crippen molar-refractivity contribution >= 4 is 27.4 Å². The molecule has 1 aliphatic heterocycles. The molecule has 0 radical (unpaired) electrons. The van der Waals surface area contributed by atoms with E-state index in [0.717, 1.165) is 18.4 Å². The van der Waals surface area contributed by atoms with Crippen LogP contribution in [0.3, 0.4) is 0 Å². The van der Waals surface area contributed by atoms with E-state index in [1.807, 2.05) is 6.07 Å². The number of nitrogens with zero attached hydrogens (tertiary/aromatic N) is 4. The summed E-state index contributed by atoms with van der Waals surface area (Å²) in [6.07, 6.45) is 3.25. The van der Waals surface area contributed by atoms with E-state index in [1.54, 1.807) is 36.1 Å². The lowest BCUT2D eigenvalue weighted by Crippen LogP contribution is -2.40. The number of carbonyl (C=O) groups excluding carboxylic acids is 3. The molecule has 0 unspecified atom stereocenters. The number of benzene rings is 1. The fourth-order valence-electron chi connectivity index (χ4n) is 4.43. The fraction of sp³-hybridized carbons (Fsp3) is 0.500. The molecule has 1 aliphatic carbocycles. The number of fused-ring (bicyclic) bond motifs is 1. The van der Waals surface area contributed by atoms with Crippen LogP contribution < -0.4 is 5.32 Å². The van der Waals surface area contributed by atoms with E-state index >= 15 is 0 Å². The van der Waals surface area contributed by atoms with Crippen molar-refractivity contribution in [2.75, 3.05) is 18.8 Å². The van der Waals surface area contributed by atoms with Gasteiger partial charge in [-0.1, -0.05) is 19.1 Å². The number of rotatable bonds is 12. The van der Waals surface area contributed by atoms with Gasteiger partial charge in [-0.15, -0.1) is 0 Å². The van der Waals surface area contributed by atoms with Crippen LogP contribution in [-0.2, 0) is 34.1 Å². The lowest BCUT2D eigenvalue weighted by Gasteiger charge is -2.27. The Morgan fingerprint density at radius 2 is 1.95 bits per heavy atom. The Morgan fingerprint density at radius 3 is 2.59 bits per heavy atom. The highest BCUT2D eigenvalue weighted by Crippen LogP contribution is 2.29. The number of hydrogen-bond acceptors (Lipinski definition) is 7. The summed E-state index contributed by atoms with van der Waals surface area (Å²) >= 11 is 0. The van der Waals surface area contributed by atoms with Crippen molar-refractivity contribution in [3.8, 4) is 6.07 Å². The minimum Gasteiger partial charge on any atom is -0.347 e. The molecule has 37 heavy (non-hydrogen) atoms. The van der Waals surface area contributed by atoms with Crippen molar-refractivity contribution < 1.29 is 24.2 Å². The van der Waals surface area contributed by atoms with E-state index in [0.29, 0.717) is 43.5 Å². The molecule has 1 fully saturated rings. The van der Waals surface area contributed by atoms with Crippen LogP contribution in [0.15, 0.2) is 24.3 Å². The summed E-state index contributed by atoms with van der Waals surface area (Å²) in [6, 6.07) is 8.90. The van der Waals surface area contributed by atoms with Crippen LogP contribution in [0.5, 0.6) is 0 Å².